The minimum Gasteiger partial charge on any atom is -0.330 e. The van der Waals surface area contributed by atoms with Gasteiger partial charge in [-0.3, -0.25) is 9.59 Å². The van der Waals surface area contributed by atoms with Crippen LogP contribution in [-0.2, 0) is 9.59 Å². The molecule has 1 saturated carbocycles. The predicted octanol–water partition coefficient (Wildman–Crippen LogP) is 2.54. The van der Waals surface area contributed by atoms with E-state index in [2.05, 4.69) is 0 Å². The van der Waals surface area contributed by atoms with E-state index < -0.39 is 5.54 Å². The van der Waals surface area contributed by atoms with Crippen LogP contribution in [0.4, 0.5) is 0 Å². The minimum atomic E-state index is -0.563. The van der Waals surface area contributed by atoms with Gasteiger partial charge in [-0.15, -0.1) is 0 Å². The molecule has 0 aromatic heterocycles. The Morgan fingerprint density at radius 2 is 2.00 bits per heavy atom. The Hall–Kier alpha value is -0.860. The quantitative estimate of drug-likeness (QED) is 0.756. The maximum Gasteiger partial charge on any atom is 0.223 e. The molecule has 1 saturated heterocycles. The van der Waals surface area contributed by atoms with Crippen LogP contribution in [0.3, 0.4) is 0 Å². The second-order valence-corrected chi connectivity index (χ2v) is 5.97. The normalized spacial score (nSPS) is 24.6. The highest BCUT2D eigenvalue weighted by Crippen LogP contribution is 2.30. The number of carbonyl (C=O) groups is 2. The van der Waals surface area contributed by atoms with Gasteiger partial charge in [0.15, 0.2) is 5.78 Å². The van der Waals surface area contributed by atoms with Gasteiger partial charge in [0, 0.05) is 19.4 Å². The lowest BCUT2D eigenvalue weighted by Gasteiger charge is -2.30. The Balaban J connectivity index is 1.85. The minimum absolute atomic E-state index is 0.174. The third kappa shape index (κ3) is 2.53. The first kappa shape index (κ1) is 12.6. The molecule has 0 aromatic rings. The highest BCUT2D eigenvalue weighted by Gasteiger charge is 2.42. The monoisotopic (exact) mass is 237 g/mol. The highest BCUT2D eigenvalue weighted by molar-refractivity contribution is 5.95. The molecule has 1 amide bonds. The van der Waals surface area contributed by atoms with Gasteiger partial charge in [-0.2, -0.15) is 0 Å². The molecule has 0 N–H and O–H groups in total. The number of rotatable bonds is 3. The van der Waals surface area contributed by atoms with Crippen molar-refractivity contribution >= 4 is 11.7 Å². The van der Waals surface area contributed by atoms with Crippen LogP contribution in [0.25, 0.3) is 0 Å². The van der Waals surface area contributed by atoms with Crippen molar-refractivity contribution in [3.63, 3.8) is 0 Å². The molecule has 96 valence electrons. The molecule has 2 fully saturated rings. The van der Waals surface area contributed by atoms with E-state index in [1.165, 1.54) is 25.7 Å². The van der Waals surface area contributed by atoms with Crippen molar-refractivity contribution in [2.75, 3.05) is 6.54 Å². The van der Waals surface area contributed by atoms with Crippen LogP contribution in [0.15, 0.2) is 0 Å². The Bertz CT molecular complexity index is 316. The van der Waals surface area contributed by atoms with Gasteiger partial charge < -0.3 is 4.90 Å². The molecule has 0 aromatic carbocycles. The fourth-order valence-corrected chi connectivity index (χ4v) is 3.15. The summed E-state index contributed by atoms with van der Waals surface area (Å²) in [5.74, 6) is 1.12. The molecule has 0 atom stereocenters. The van der Waals surface area contributed by atoms with E-state index >= 15 is 0 Å². The standard InChI is InChI=1S/C14H23NO2/c1-14(2)12(16)9-10-15(14)13(17)8-7-11-5-3-4-6-11/h11H,3-10H2,1-2H3. The summed E-state index contributed by atoms with van der Waals surface area (Å²) in [4.78, 5) is 25.6. The van der Waals surface area contributed by atoms with E-state index in [0.29, 0.717) is 19.4 Å². The molecule has 3 nitrogen and oxygen atoms in total. The summed E-state index contributed by atoms with van der Waals surface area (Å²) < 4.78 is 0. The van der Waals surface area contributed by atoms with Crippen molar-refractivity contribution in [2.45, 2.75) is 64.3 Å². The topological polar surface area (TPSA) is 37.4 Å². The van der Waals surface area contributed by atoms with Gasteiger partial charge >= 0.3 is 0 Å². The third-order valence-electron chi connectivity index (χ3n) is 4.46. The number of hydrogen-bond acceptors (Lipinski definition) is 2. The molecule has 0 radical (unpaired) electrons. The maximum atomic E-state index is 12.1. The van der Waals surface area contributed by atoms with E-state index in [-0.39, 0.29) is 11.7 Å². The molecule has 2 aliphatic rings. The van der Waals surface area contributed by atoms with E-state index in [1.54, 1.807) is 4.90 Å². The van der Waals surface area contributed by atoms with Gasteiger partial charge in [-0.1, -0.05) is 25.7 Å². The van der Waals surface area contributed by atoms with Gasteiger partial charge in [-0.05, 0) is 26.2 Å². The zero-order chi connectivity index (χ0) is 12.5. The lowest BCUT2D eigenvalue weighted by atomic mass is 9.98. The molecule has 17 heavy (non-hydrogen) atoms. The Morgan fingerprint density at radius 3 is 2.53 bits per heavy atom. The van der Waals surface area contributed by atoms with Gasteiger partial charge in [0.05, 0.1) is 5.54 Å². The van der Waals surface area contributed by atoms with Crippen LogP contribution in [0.5, 0.6) is 0 Å². The summed E-state index contributed by atoms with van der Waals surface area (Å²) >= 11 is 0. The van der Waals surface area contributed by atoms with Crippen LogP contribution in [0, 0.1) is 5.92 Å². The zero-order valence-electron chi connectivity index (χ0n) is 11.0. The summed E-state index contributed by atoms with van der Waals surface area (Å²) in [6.07, 6.45) is 7.40. The Labute approximate surface area is 104 Å². The van der Waals surface area contributed by atoms with Crippen molar-refractivity contribution in [3.8, 4) is 0 Å². The summed E-state index contributed by atoms with van der Waals surface area (Å²) in [6, 6.07) is 0. The number of carbonyl (C=O) groups excluding carboxylic acids is 2. The second kappa shape index (κ2) is 4.79. The molecular weight excluding hydrogens is 214 g/mol. The molecule has 0 bridgehead atoms. The second-order valence-electron chi connectivity index (χ2n) is 5.97. The largest absolute Gasteiger partial charge is 0.330 e. The summed E-state index contributed by atoms with van der Waals surface area (Å²) in [5, 5.41) is 0. The summed E-state index contributed by atoms with van der Waals surface area (Å²) in [7, 11) is 0. The first-order valence-corrected chi connectivity index (χ1v) is 6.85. The van der Waals surface area contributed by atoms with Gasteiger partial charge in [0.2, 0.25) is 5.91 Å². The van der Waals surface area contributed by atoms with E-state index in [4.69, 9.17) is 0 Å². The van der Waals surface area contributed by atoms with E-state index in [0.717, 1.165) is 12.3 Å². The Kier molecular flexibility index (Phi) is 3.55. The maximum absolute atomic E-state index is 12.1. The smallest absolute Gasteiger partial charge is 0.223 e. The summed E-state index contributed by atoms with van der Waals surface area (Å²) in [5.41, 5.74) is -0.563. The van der Waals surface area contributed by atoms with E-state index in [9.17, 15) is 9.59 Å². The number of Topliss-reactive ketones (excluding diaryl/α,β-unsaturated/α-hetero) is 1. The zero-order valence-corrected chi connectivity index (χ0v) is 11.0. The lowest BCUT2D eigenvalue weighted by Crippen LogP contribution is -2.46. The fourth-order valence-electron chi connectivity index (χ4n) is 3.15. The SMILES string of the molecule is CC1(C)C(=O)CCN1C(=O)CCC1CCCC1. The number of nitrogens with zero attached hydrogens (tertiary/aromatic N) is 1. The van der Waals surface area contributed by atoms with Crippen LogP contribution < -0.4 is 0 Å². The molecule has 1 heterocycles. The molecular formula is C14H23NO2. The average molecular weight is 237 g/mol. The van der Waals surface area contributed by atoms with Crippen molar-refractivity contribution in [1.82, 2.24) is 4.90 Å². The van der Waals surface area contributed by atoms with Crippen LogP contribution in [0.2, 0.25) is 0 Å². The van der Waals surface area contributed by atoms with Crippen LogP contribution in [-0.4, -0.2) is 28.7 Å². The molecule has 3 heteroatoms. The van der Waals surface area contributed by atoms with Gasteiger partial charge in [-0.25, -0.2) is 0 Å². The lowest BCUT2D eigenvalue weighted by molar-refractivity contribution is -0.139. The van der Waals surface area contributed by atoms with Crippen molar-refractivity contribution in [2.24, 2.45) is 5.92 Å². The first-order valence-electron chi connectivity index (χ1n) is 6.85. The molecule has 1 aliphatic heterocycles. The number of hydrogen-bond donors (Lipinski definition) is 0. The Morgan fingerprint density at radius 1 is 1.35 bits per heavy atom. The predicted molar refractivity (Wildman–Crippen MR) is 66.6 cm³/mol. The summed E-state index contributed by atoms with van der Waals surface area (Å²) in [6.45, 7) is 4.36. The highest BCUT2D eigenvalue weighted by atomic mass is 16.2. The number of ketones is 1. The average Bonchev–Trinajstić information content (AvgIpc) is 2.86. The van der Waals surface area contributed by atoms with Crippen LogP contribution in [0.1, 0.15) is 58.8 Å². The molecule has 0 spiro atoms. The third-order valence-corrected chi connectivity index (χ3v) is 4.46. The molecule has 0 unspecified atom stereocenters. The van der Waals surface area contributed by atoms with Gasteiger partial charge in [0.1, 0.15) is 0 Å². The molecule has 2 rings (SSSR count). The number of amides is 1. The molecule has 1 aliphatic carbocycles. The van der Waals surface area contributed by atoms with E-state index in [1.807, 2.05) is 13.8 Å². The fraction of sp³-hybridized carbons (Fsp3) is 0.857. The van der Waals surface area contributed by atoms with Crippen LogP contribution >= 0.6 is 0 Å². The first-order chi connectivity index (χ1) is 8.01. The van der Waals surface area contributed by atoms with Crippen molar-refractivity contribution < 1.29 is 9.59 Å². The van der Waals surface area contributed by atoms with Gasteiger partial charge in [0.25, 0.3) is 0 Å². The van der Waals surface area contributed by atoms with Crippen molar-refractivity contribution in [1.29, 1.82) is 0 Å². The van der Waals surface area contributed by atoms with Crippen molar-refractivity contribution in [3.05, 3.63) is 0 Å². The number of likely N-dealkylation sites (tertiary alicyclic amines) is 1.